The predicted molar refractivity (Wildman–Crippen MR) is 119 cm³/mol. The Kier molecular flexibility index (Phi) is 4.50. The van der Waals surface area contributed by atoms with Crippen LogP contribution in [0.25, 0.3) is 0 Å². The van der Waals surface area contributed by atoms with E-state index in [2.05, 4.69) is 0 Å². The highest BCUT2D eigenvalue weighted by Crippen LogP contribution is 2.38. The summed E-state index contributed by atoms with van der Waals surface area (Å²) in [7, 11) is 0. The number of aliphatic hydroxyl groups is 1. The van der Waals surface area contributed by atoms with Crippen LogP contribution < -0.4 is 4.90 Å². The molecule has 31 heavy (non-hydrogen) atoms. The van der Waals surface area contributed by atoms with Crippen LogP contribution >= 0.6 is 0 Å². The van der Waals surface area contributed by atoms with Gasteiger partial charge in [0.1, 0.15) is 5.60 Å². The molecule has 0 saturated heterocycles. The molecule has 1 aliphatic rings. The second kappa shape index (κ2) is 7.35. The summed E-state index contributed by atoms with van der Waals surface area (Å²) in [6, 6.07) is 32.6. The minimum Gasteiger partial charge on any atom is -0.376 e. The van der Waals surface area contributed by atoms with Crippen molar-refractivity contribution in [3.05, 3.63) is 137 Å². The standard InChI is InChI=1S/C27H19NO3/c29-25-23-13-7-8-14-24(23)26(30)28(25)22-17-15-21(16-18-22)27(31,19-9-3-1-4-10-19)20-11-5-2-6-12-20/h1-18,31H. The first-order valence-corrected chi connectivity index (χ1v) is 10.0. The Labute approximate surface area is 180 Å². The molecule has 0 spiro atoms. The molecule has 5 rings (SSSR count). The molecule has 1 aliphatic heterocycles. The van der Waals surface area contributed by atoms with Crippen molar-refractivity contribution in [2.75, 3.05) is 4.90 Å². The normalized spacial score (nSPS) is 13.4. The van der Waals surface area contributed by atoms with E-state index in [9.17, 15) is 14.7 Å². The molecule has 2 amide bonds. The van der Waals surface area contributed by atoms with Gasteiger partial charge in [0.2, 0.25) is 0 Å². The molecule has 0 fully saturated rings. The van der Waals surface area contributed by atoms with Gasteiger partial charge in [0.15, 0.2) is 0 Å². The molecule has 0 radical (unpaired) electrons. The number of rotatable bonds is 4. The molecule has 4 heteroatoms. The zero-order chi connectivity index (χ0) is 21.4. The predicted octanol–water partition coefficient (Wildman–Crippen LogP) is 4.77. The van der Waals surface area contributed by atoms with Crippen LogP contribution in [0.5, 0.6) is 0 Å². The topological polar surface area (TPSA) is 57.6 Å². The largest absolute Gasteiger partial charge is 0.376 e. The van der Waals surface area contributed by atoms with Crippen molar-refractivity contribution in [2.24, 2.45) is 0 Å². The molecule has 0 aromatic heterocycles. The van der Waals surface area contributed by atoms with Crippen LogP contribution in [-0.4, -0.2) is 16.9 Å². The first-order valence-electron chi connectivity index (χ1n) is 10.0. The van der Waals surface area contributed by atoms with Crippen LogP contribution in [-0.2, 0) is 5.60 Å². The maximum atomic E-state index is 12.8. The Balaban J connectivity index is 1.57. The van der Waals surface area contributed by atoms with Gasteiger partial charge < -0.3 is 5.11 Å². The van der Waals surface area contributed by atoms with E-state index in [4.69, 9.17) is 0 Å². The van der Waals surface area contributed by atoms with E-state index in [-0.39, 0.29) is 11.8 Å². The number of amides is 2. The van der Waals surface area contributed by atoms with Gasteiger partial charge in [0.05, 0.1) is 16.8 Å². The molecule has 0 saturated carbocycles. The van der Waals surface area contributed by atoms with E-state index in [0.29, 0.717) is 22.4 Å². The molecule has 0 aliphatic carbocycles. The van der Waals surface area contributed by atoms with Crippen LogP contribution in [0.3, 0.4) is 0 Å². The highest BCUT2D eigenvalue weighted by Gasteiger charge is 2.37. The van der Waals surface area contributed by atoms with Crippen LogP contribution in [0.2, 0.25) is 0 Å². The SMILES string of the molecule is O=C1c2ccccc2C(=O)N1c1ccc(C(O)(c2ccccc2)c2ccccc2)cc1. The van der Waals surface area contributed by atoms with E-state index in [1.165, 1.54) is 4.90 Å². The number of fused-ring (bicyclic) bond motifs is 1. The third kappa shape index (κ3) is 2.97. The van der Waals surface area contributed by atoms with Crippen LogP contribution in [0.15, 0.2) is 109 Å². The first kappa shape index (κ1) is 19.0. The first-order chi connectivity index (χ1) is 15.1. The fourth-order valence-electron chi connectivity index (χ4n) is 4.13. The minimum absolute atomic E-state index is 0.338. The quantitative estimate of drug-likeness (QED) is 0.393. The number of nitrogens with zero attached hydrogens (tertiary/aromatic N) is 1. The minimum atomic E-state index is -1.37. The van der Waals surface area contributed by atoms with Crippen LogP contribution in [0, 0.1) is 0 Å². The summed E-state index contributed by atoms with van der Waals surface area (Å²) in [4.78, 5) is 26.8. The van der Waals surface area contributed by atoms with E-state index in [1.54, 1.807) is 48.5 Å². The average molecular weight is 405 g/mol. The lowest BCUT2D eigenvalue weighted by Gasteiger charge is -2.30. The van der Waals surface area contributed by atoms with Crippen molar-refractivity contribution < 1.29 is 14.7 Å². The van der Waals surface area contributed by atoms with Crippen molar-refractivity contribution in [1.82, 2.24) is 0 Å². The summed E-state index contributed by atoms with van der Waals surface area (Å²) < 4.78 is 0. The molecular formula is C27H19NO3. The van der Waals surface area contributed by atoms with Crippen molar-refractivity contribution in [3.8, 4) is 0 Å². The summed E-state index contributed by atoms with van der Waals surface area (Å²) in [5.74, 6) is -0.676. The summed E-state index contributed by atoms with van der Waals surface area (Å²) in [6.07, 6.45) is 0. The van der Waals surface area contributed by atoms with Crippen molar-refractivity contribution in [1.29, 1.82) is 0 Å². The number of hydrogen-bond donors (Lipinski definition) is 1. The van der Waals surface area contributed by atoms with Crippen molar-refractivity contribution in [3.63, 3.8) is 0 Å². The van der Waals surface area contributed by atoms with Gasteiger partial charge in [-0.3, -0.25) is 9.59 Å². The van der Waals surface area contributed by atoms with Gasteiger partial charge in [-0.1, -0.05) is 84.9 Å². The summed E-state index contributed by atoms with van der Waals surface area (Å²) >= 11 is 0. The molecular weight excluding hydrogens is 386 g/mol. The summed E-state index contributed by atoms with van der Waals surface area (Å²) in [5.41, 5.74) is 2.01. The summed E-state index contributed by atoms with van der Waals surface area (Å²) in [6.45, 7) is 0. The zero-order valence-corrected chi connectivity index (χ0v) is 16.6. The fourth-order valence-corrected chi connectivity index (χ4v) is 4.13. The van der Waals surface area contributed by atoms with E-state index in [1.807, 2.05) is 60.7 Å². The van der Waals surface area contributed by atoms with Crippen molar-refractivity contribution >= 4 is 17.5 Å². The lowest BCUT2D eigenvalue weighted by atomic mass is 9.80. The van der Waals surface area contributed by atoms with E-state index in [0.717, 1.165) is 11.1 Å². The second-order valence-electron chi connectivity index (χ2n) is 7.48. The third-order valence-electron chi connectivity index (χ3n) is 5.72. The average Bonchev–Trinajstić information content (AvgIpc) is 3.10. The molecule has 4 nitrogen and oxygen atoms in total. The Morgan fingerprint density at radius 1 is 0.516 bits per heavy atom. The molecule has 0 unspecified atom stereocenters. The fraction of sp³-hybridized carbons (Fsp3) is 0.0370. The van der Waals surface area contributed by atoms with Gasteiger partial charge in [-0.05, 0) is 41.0 Å². The number of benzene rings is 4. The number of carbonyl (C=O) groups is 2. The lowest BCUT2D eigenvalue weighted by molar-refractivity contribution is 0.0926. The molecule has 4 aromatic rings. The molecule has 0 atom stereocenters. The number of anilines is 1. The van der Waals surface area contributed by atoms with Gasteiger partial charge in [-0.2, -0.15) is 0 Å². The second-order valence-corrected chi connectivity index (χ2v) is 7.48. The molecule has 150 valence electrons. The van der Waals surface area contributed by atoms with Gasteiger partial charge in [0.25, 0.3) is 11.8 Å². The van der Waals surface area contributed by atoms with E-state index < -0.39 is 5.60 Å². The van der Waals surface area contributed by atoms with Gasteiger partial charge in [-0.15, -0.1) is 0 Å². The Morgan fingerprint density at radius 3 is 1.35 bits per heavy atom. The Morgan fingerprint density at radius 2 is 0.903 bits per heavy atom. The van der Waals surface area contributed by atoms with E-state index >= 15 is 0 Å². The monoisotopic (exact) mass is 405 g/mol. The summed E-state index contributed by atoms with van der Waals surface area (Å²) in [5, 5.41) is 11.9. The van der Waals surface area contributed by atoms with Crippen LogP contribution in [0.1, 0.15) is 37.4 Å². The number of carbonyl (C=O) groups excluding carboxylic acids is 2. The molecule has 1 heterocycles. The Bertz CT molecular complexity index is 1190. The van der Waals surface area contributed by atoms with Crippen LogP contribution in [0.4, 0.5) is 5.69 Å². The smallest absolute Gasteiger partial charge is 0.266 e. The van der Waals surface area contributed by atoms with Gasteiger partial charge in [0, 0.05) is 0 Å². The molecule has 0 bridgehead atoms. The number of hydrogen-bond acceptors (Lipinski definition) is 3. The highest BCUT2D eigenvalue weighted by molar-refractivity contribution is 6.34. The van der Waals surface area contributed by atoms with Gasteiger partial charge in [-0.25, -0.2) is 4.90 Å². The maximum Gasteiger partial charge on any atom is 0.266 e. The number of imide groups is 1. The Hall–Kier alpha value is -4.02. The molecule has 4 aromatic carbocycles. The third-order valence-corrected chi connectivity index (χ3v) is 5.72. The maximum absolute atomic E-state index is 12.8. The van der Waals surface area contributed by atoms with Gasteiger partial charge >= 0.3 is 0 Å². The highest BCUT2D eigenvalue weighted by atomic mass is 16.3. The zero-order valence-electron chi connectivity index (χ0n) is 16.6. The molecule has 1 N–H and O–H groups in total. The van der Waals surface area contributed by atoms with Crippen molar-refractivity contribution in [2.45, 2.75) is 5.60 Å². The lowest BCUT2D eigenvalue weighted by Crippen LogP contribution is -2.30.